The lowest BCUT2D eigenvalue weighted by Gasteiger charge is -2.22. The number of rotatable bonds is 3. The molecule has 0 bridgehead atoms. The minimum absolute atomic E-state index is 0.605. The van der Waals surface area contributed by atoms with Crippen LogP contribution in [-0.2, 0) is 4.79 Å². The molecule has 98 valence electrons. The molecule has 0 aliphatic carbocycles. The van der Waals surface area contributed by atoms with Crippen LogP contribution < -0.4 is 5.32 Å². The first-order valence-electron chi connectivity index (χ1n) is 5.05. The van der Waals surface area contributed by atoms with Crippen LogP contribution in [0.4, 0.5) is 19.3 Å². The number of aliphatic carboxylic acids is 1. The number of carboxylic acid groups (broad SMARTS) is 1. The van der Waals surface area contributed by atoms with E-state index in [9.17, 15) is 18.4 Å². The number of hydrogen-bond donors (Lipinski definition) is 2. The van der Waals surface area contributed by atoms with Gasteiger partial charge in [0.2, 0.25) is 0 Å². The highest BCUT2D eigenvalue weighted by Crippen LogP contribution is 2.18. The number of carboxylic acids is 1. The lowest BCUT2D eigenvalue weighted by molar-refractivity contribution is -0.141. The third-order valence-electron chi connectivity index (χ3n) is 2.45. The Morgan fingerprint density at radius 1 is 1.33 bits per heavy atom. The summed E-state index contributed by atoms with van der Waals surface area (Å²) in [5.41, 5.74) is -0.605. The molecule has 0 saturated carbocycles. The van der Waals surface area contributed by atoms with E-state index in [1.807, 2.05) is 5.32 Å². The molecule has 0 aliphatic heterocycles. The van der Waals surface area contributed by atoms with Gasteiger partial charge in [0.15, 0.2) is 0 Å². The van der Waals surface area contributed by atoms with Crippen LogP contribution in [0.25, 0.3) is 0 Å². The lowest BCUT2D eigenvalue weighted by atomic mass is 10.3. The van der Waals surface area contributed by atoms with Crippen molar-refractivity contribution < 1.29 is 23.5 Å². The molecule has 7 heteroatoms. The van der Waals surface area contributed by atoms with E-state index in [0.29, 0.717) is 0 Å². The Hall–Kier alpha value is -2.18. The van der Waals surface area contributed by atoms with E-state index in [-0.39, 0.29) is 0 Å². The molecule has 2 N–H and O–H groups in total. The summed E-state index contributed by atoms with van der Waals surface area (Å²) in [5.74, 6) is -3.08. The first-order valence-corrected chi connectivity index (χ1v) is 5.05. The second-order valence-corrected chi connectivity index (χ2v) is 3.65. The van der Waals surface area contributed by atoms with Crippen molar-refractivity contribution in [1.82, 2.24) is 4.90 Å². The van der Waals surface area contributed by atoms with E-state index < -0.39 is 35.4 Å². The SMILES string of the molecule is CC(C(=O)O)N(C)C(=O)Nc1c(F)cccc1F. The molecular formula is C11H12F2N2O3. The van der Waals surface area contributed by atoms with Crippen molar-refractivity contribution in [3.63, 3.8) is 0 Å². The number of hydrogen-bond acceptors (Lipinski definition) is 2. The second-order valence-electron chi connectivity index (χ2n) is 3.65. The zero-order valence-corrected chi connectivity index (χ0v) is 9.78. The molecule has 18 heavy (non-hydrogen) atoms. The highest BCUT2D eigenvalue weighted by Gasteiger charge is 2.23. The summed E-state index contributed by atoms with van der Waals surface area (Å²) in [6.07, 6.45) is 0. The number of benzene rings is 1. The van der Waals surface area contributed by atoms with Crippen LogP contribution in [-0.4, -0.2) is 35.1 Å². The van der Waals surface area contributed by atoms with Crippen LogP contribution in [0.1, 0.15) is 6.92 Å². The maximum atomic E-state index is 13.2. The zero-order valence-electron chi connectivity index (χ0n) is 9.78. The summed E-state index contributed by atoms with van der Waals surface area (Å²) < 4.78 is 26.5. The van der Waals surface area contributed by atoms with Gasteiger partial charge in [-0.3, -0.25) is 0 Å². The summed E-state index contributed by atoms with van der Waals surface area (Å²) in [6, 6.07) is 1.11. The van der Waals surface area contributed by atoms with Gasteiger partial charge in [-0.2, -0.15) is 0 Å². The molecule has 1 aromatic rings. The van der Waals surface area contributed by atoms with Gasteiger partial charge in [-0.25, -0.2) is 18.4 Å². The van der Waals surface area contributed by atoms with E-state index in [4.69, 9.17) is 5.11 Å². The molecule has 2 amide bonds. The third-order valence-corrected chi connectivity index (χ3v) is 2.45. The second kappa shape index (κ2) is 5.44. The average Bonchev–Trinajstić information content (AvgIpc) is 2.31. The number of carbonyl (C=O) groups excluding carboxylic acids is 1. The molecule has 1 atom stereocenters. The number of anilines is 1. The van der Waals surface area contributed by atoms with Gasteiger partial charge in [-0.05, 0) is 19.1 Å². The van der Waals surface area contributed by atoms with Crippen LogP contribution in [0.3, 0.4) is 0 Å². The molecule has 0 radical (unpaired) electrons. The van der Waals surface area contributed by atoms with E-state index in [0.717, 1.165) is 23.1 Å². The largest absolute Gasteiger partial charge is 0.480 e. The number of nitrogens with zero attached hydrogens (tertiary/aromatic N) is 1. The van der Waals surface area contributed by atoms with Crippen LogP contribution in [0.15, 0.2) is 18.2 Å². The van der Waals surface area contributed by atoms with Gasteiger partial charge in [0, 0.05) is 7.05 Å². The zero-order chi connectivity index (χ0) is 13.9. The van der Waals surface area contributed by atoms with Gasteiger partial charge in [0.1, 0.15) is 23.4 Å². The molecule has 0 spiro atoms. The summed E-state index contributed by atoms with van der Waals surface area (Å²) >= 11 is 0. The Morgan fingerprint density at radius 3 is 2.28 bits per heavy atom. The molecule has 0 saturated heterocycles. The number of para-hydroxylation sites is 1. The van der Waals surface area contributed by atoms with Crippen molar-refractivity contribution in [3.05, 3.63) is 29.8 Å². The molecule has 0 fully saturated rings. The van der Waals surface area contributed by atoms with Crippen LogP contribution in [0.5, 0.6) is 0 Å². The van der Waals surface area contributed by atoms with Crippen molar-refractivity contribution in [1.29, 1.82) is 0 Å². The minimum Gasteiger partial charge on any atom is -0.480 e. The maximum absolute atomic E-state index is 13.2. The normalized spacial score (nSPS) is 11.8. The summed E-state index contributed by atoms with van der Waals surface area (Å²) in [4.78, 5) is 23.1. The number of nitrogens with one attached hydrogen (secondary N) is 1. The minimum atomic E-state index is -1.22. The highest BCUT2D eigenvalue weighted by atomic mass is 19.1. The molecule has 0 heterocycles. The average molecular weight is 258 g/mol. The Labute approximate surface area is 102 Å². The van der Waals surface area contributed by atoms with Crippen molar-refractivity contribution in [2.75, 3.05) is 12.4 Å². The van der Waals surface area contributed by atoms with Gasteiger partial charge >= 0.3 is 12.0 Å². The van der Waals surface area contributed by atoms with E-state index in [1.165, 1.54) is 14.0 Å². The molecule has 0 aromatic heterocycles. The van der Waals surface area contributed by atoms with E-state index in [1.54, 1.807) is 0 Å². The Bertz CT molecular complexity index is 459. The van der Waals surface area contributed by atoms with E-state index in [2.05, 4.69) is 0 Å². The monoisotopic (exact) mass is 258 g/mol. The number of halogens is 2. The predicted molar refractivity (Wildman–Crippen MR) is 60.2 cm³/mol. The highest BCUT2D eigenvalue weighted by molar-refractivity contribution is 5.92. The topological polar surface area (TPSA) is 69.6 Å². The Morgan fingerprint density at radius 2 is 1.83 bits per heavy atom. The first-order chi connectivity index (χ1) is 8.34. The predicted octanol–water partition coefficient (Wildman–Crippen LogP) is 1.90. The maximum Gasteiger partial charge on any atom is 0.326 e. The van der Waals surface area contributed by atoms with Crippen LogP contribution in [0, 0.1) is 11.6 Å². The fourth-order valence-corrected chi connectivity index (χ4v) is 1.15. The summed E-state index contributed by atoms with van der Waals surface area (Å²) in [6.45, 7) is 1.28. The quantitative estimate of drug-likeness (QED) is 0.870. The summed E-state index contributed by atoms with van der Waals surface area (Å²) in [5, 5.41) is 10.7. The number of urea groups is 1. The molecule has 0 aliphatic rings. The Kier molecular flexibility index (Phi) is 4.19. The van der Waals surface area contributed by atoms with Crippen LogP contribution in [0.2, 0.25) is 0 Å². The molecule has 5 nitrogen and oxygen atoms in total. The lowest BCUT2D eigenvalue weighted by Crippen LogP contribution is -2.42. The Balaban J connectivity index is 2.85. The van der Waals surface area contributed by atoms with Crippen LogP contribution >= 0.6 is 0 Å². The van der Waals surface area contributed by atoms with Gasteiger partial charge in [0.25, 0.3) is 0 Å². The van der Waals surface area contributed by atoms with E-state index >= 15 is 0 Å². The number of amides is 2. The third kappa shape index (κ3) is 2.93. The number of carbonyl (C=O) groups is 2. The molecule has 1 rings (SSSR count). The van der Waals surface area contributed by atoms with Gasteiger partial charge in [-0.15, -0.1) is 0 Å². The van der Waals surface area contributed by atoms with Crippen molar-refractivity contribution >= 4 is 17.7 Å². The van der Waals surface area contributed by atoms with Crippen molar-refractivity contribution in [2.45, 2.75) is 13.0 Å². The molecule has 1 unspecified atom stereocenters. The molecular weight excluding hydrogens is 246 g/mol. The van der Waals surface area contributed by atoms with Crippen molar-refractivity contribution in [2.24, 2.45) is 0 Å². The van der Waals surface area contributed by atoms with Gasteiger partial charge in [-0.1, -0.05) is 6.07 Å². The fourth-order valence-electron chi connectivity index (χ4n) is 1.15. The van der Waals surface area contributed by atoms with Gasteiger partial charge < -0.3 is 15.3 Å². The first kappa shape index (κ1) is 13.9. The van der Waals surface area contributed by atoms with Gasteiger partial charge in [0.05, 0.1) is 0 Å². The smallest absolute Gasteiger partial charge is 0.326 e. The fraction of sp³-hybridized carbons (Fsp3) is 0.273. The molecule has 1 aromatic carbocycles. The van der Waals surface area contributed by atoms with Crippen molar-refractivity contribution in [3.8, 4) is 0 Å². The standard InChI is InChI=1S/C11H12F2N2O3/c1-6(10(16)17)15(2)11(18)14-9-7(12)4-3-5-8(9)13/h3-6H,1-2H3,(H,14,18)(H,16,17). The number of likely N-dealkylation sites (N-methyl/N-ethyl adjacent to an activating group) is 1. The summed E-state index contributed by atoms with van der Waals surface area (Å²) in [7, 11) is 1.22.